The van der Waals surface area contributed by atoms with Gasteiger partial charge in [0.25, 0.3) is 5.91 Å². The van der Waals surface area contributed by atoms with E-state index in [1.807, 2.05) is 36.4 Å². The molecule has 2 aromatic carbocycles. The van der Waals surface area contributed by atoms with Crippen LogP contribution in [-0.2, 0) is 17.6 Å². The smallest absolute Gasteiger partial charge is 0.251 e. The number of nitrogens with two attached hydrogens (primary N) is 1. The zero-order valence-corrected chi connectivity index (χ0v) is 19.1. The van der Waals surface area contributed by atoms with Gasteiger partial charge in [-0.1, -0.05) is 37.3 Å². The number of nitrogens with zero attached hydrogens (tertiary/aromatic N) is 1. The molecule has 4 rings (SSSR count). The fraction of sp³-hybridized carbons (Fsp3) is 0.286. The number of ether oxygens (including phenoxy) is 1. The molecular formula is C28H31N3O2. The van der Waals surface area contributed by atoms with Crippen molar-refractivity contribution >= 4 is 23.0 Å². The van der Waals surface area contributed by atoms with Crippen LogP contribution in [0.3, 0.4) is 0 Å². The number of nitrogen functional groups attached to an aromatic ring is 1. The van der Waals surface area contributed by atoms with Crippen molar-refractivity contribution in [2.75, 3.05) is 17.7 Å². The molecule has 5 heteroatoms. The predicted molar refractivity (Wildman–Crippen MR) is 134 cm³/mol. The molecule has 5 nitrogen and oxygen atoms in total. The molecule has 0 unspecified atom stereocenters. The van der Waals surface area contributed by atoms with E-state index in [1.54, 1.807) is 6.07 Å². The van der Waals surface area contributed by atoms with Gasteiger partial charge in [0, 0.05) is 23.4 Å². The van der Waals surface area contributed by atoms with Crippen LogP contribution in [0.1, 0.15) is 49.4 Å². The summed E-state index contributed by atoms with van der Waals surface area (Å²) < 4.78 is 5.82. The van der Waals surface area contributed by atoms with E-state index in [0.29, 0.717) is 18.8 Å². The Morgan fingerprint density at radius 3 is 2.48 bits per heavy atom. The Labute approximate surface area is 195 Å². The van der Waals surface area contributed by atoms with Gasteiger partial charge in [-0.15, -0.1) is 0 Å². The van der Waals surface area contributed by atoms with Crippen molar-refractivity contribution in [2.24, 2.45) is 0 Å². The molecule has 3 aromatic rings. The maximum Gasteiger partial charge on any atom is 0.251 e. The van der Waals surface area contributed by atoms with Crippen molar-refractivity contribution < 1.29 is 9.53 Å². The van der Waals surface area contributed by atoms with Gasteiger partial charge in [-0.25, -0.2) is 4.98 Å². The molecule has 0 radical (unpaired) electrons. The first-order valence-corrected chi connectivity index (χ1v) is 11.7. The summed E-state index contributed by atoms with van der Waals surface area (Å²) in [6.45, 7) is 2.66. The second-order valence-corrected chi connectivity index (χ2v) is 8.35. The Hall–Kier alpha value is -3.60. The van der Waals surface area contributed by atoms with Gasteiger partial charge in [0.15, 0.2) is 0 Å². The van der Waals surface area contributed by atoms with Gasteiger partial charge in [-0.3, -0.25) is 4.79 Å². The van der Waals surface area contributed by atoms with E-state index >= 15 is 0 Å². The molecular weight excluding hydrogens is 410 g/mol. The first-order valence-electron chi connectivity index (χ1n) is 11.7. The highest BCUT2D eigenvalue weighted by atomic mass is 16.5. The van der Waals surface area contributed by atoms with Crippen LogP contribution >= 0.6 is 0 Å². The molecule has 33 heavy (non-hydrogen) atoms. The van der Waals surface area contributed by atoms with Gasteiger partial charge in [0.1, 0.15) is 11.6 Å². The highest BCUT2D eigenvalue weighted by Crippen LogP contribution is 2.33. The number of anilines is 2. The van der Waals surface area contributed by atoms with Crippen LogP contribution in [0.25, 0.3) is 5.57 Å². The highest BCUT2D eigenvalue weighted by Gasteiger charge is 2.20. The van der Waals surface area contributed by atoms with E-state index < -0.39 is 0 Å². The number of hydrogen-bond donors (Lipinski definition) is 2. The molecule has 0 fully saturated rings. The third-order valence-corrected chi connectivity index (χ3v) is 6.02. The van der Waals surface area contributed by atoms with Crippen LogP contribution in [-0.4, -0.2) is 17.5 Å². The maximum atomic E-state index is 13.1. The summed E-state index contributed by atoms with van der Waals surface area (Å²) in [6.07, 6.45) is 5.63. The number of carbonyl (C=O) groups is 1. The quantitative estimate of drug-likeness (QED) is 0.462. The normalized spacial score (nSPS) is 13.6. The van der Waals surface area contributed by atoms with Crippen LogP contribution < -0.4 is 15.8 Å². The lowest BCUT2D eigenvalue weighted by Gasteiger charge is -2.20. The van der Waals surface area contributed by atoms with E-state index in [2.05, 4.69) is 41.5 Å². The van der Waals surface area contributed by atoms with Crippen molar-refractivity contribution in [1.82, 2.24) is 4.98 Å². The number of aryl methyl sites for hydroxylation is 1. The molecule has 0 aliphatic heterocycles. The number of aromatic nitrogens is 1. The number of hydrogen-bond acceptors (Lipinski definition) is 4. The third-order valence-electron chi connectivity index (χ3n) is 6.02. The van der Waals surface area contributed by atoms with E-state index in [9.17, 15) is 4.79 Å². The van der Waals surface area contributed by atoms with E-state index in [1.165, 1.54) is 11.1 Å². The zero-order valence-electron chi connectivity index (χ0n) is 19.1. The van der Waals surface area contributed by atoms with E-state index in [0.717, 1.165) is 60.4 Å². The van der Waals surface area contributed by atoms with Crippen LogP contribution in [0.15, 0.2) is 72.3 Å². The number of benzene rings is 2. The molecule has 170 valence electrons. The predicted octanol–water partition coefficient (Wildman–Crippen LogP) is 5.81. The topological polar surface area (TPSA) is 77.2 Å². The fourth-order valence-corrected chi connectivity index (χ4v) is 4.17. The first kappa shape index (κ1) is 22.6. The molecule has 0 saturated heterocycles. The maximum absolute atomic E-state index is 13.1. The summed E-state index contributed by atoms with van der Waals surface area (Å²) in [6, 6.07) is 21.7. The Balaban J connectivity index is 1.38. The van der Waals surface area contributed by atoms with Crippen LogP contribution in [0.2, 0.25) is 0 Å². The van der Waals surface area contributed by atoms with E-state index in [-0.39, 0.29) is 5.91 Å². The second kappa shape index (κ2) is 10.8. The summed E-state index contributed by atoms with van der Waals surface area (Å²) >= 11 is 0. The van der Waals surface area contributed by atoms with Crippen molar-refractivity contribution in [1.29, 1.82) is 0 Å². The number of rotatable bonds is 8. The Kier molecular flexibility index (Phi) is 7.40. The average Bonchev–Trinajstić information content (AvgIpc) is 2.85. The summed E-state index contributed by atoms with van der Waals surface area (Å²) in [5, 5.41) is 3.07. The van der Waals surface area contributed by atoms with Gasteiger partial charge in [-0.2, -0.15) is 0 Å². The molecule has 1 heterocycles. The summed E-state index contributed by atoms with van der Waals surface area (Å²) in [4.78, 5) is 17.4. The number of nitrogens with one attached hydrogen (secondary N) is 1. The summed E-state index contributed by atoms with van der Waals surface area (Å²) in [5.41, 5.74) is 11.9. The molecule has 1 amide bonds. The van der Waals surface area contributed by atoms with Gasteiger partial charge in [0.2, 0.25) is 0 Å². The summed E-state index contributed by atoms with van der Waals surface area (Å²) in [5.74, 6) is 1.26. The van der Waals surface area contributed by atoms with Crippen LogP contribution in [0, 0.1) is 0 Å². The van der Waals surface area contributed by atoms with Crippen molar-refractivity contribution in [3.05, 3.63) is 89.1 Å². The minimum absolute atomic E-state index is 0.00863. The molecule has 0 atom stereocenters. The van der Waals surface area contributed by atoms with Crippen LogP contribution in [0.5, 0.6) is 5.75 Å². The lowest BCUT2D eigenvalue weighted by Crippen LogP contribution is -2.18. The molecule has 0 saturated carbocycles. The minimum atomic E-state index is -0.00863. The second-order valence-electron chi connectivity index (χ2n) is 8.35. The van der Waals surface area contributed by atoms with Gasteiger partial charge in [-0.05, 0) is 85.2 Å². The zero-order chi connectivity index (χ0) is 23.0. The minimum Gasteiger partial charge on any atom is -0.493 e. The molecule has 0 spiro atoms. The van der Waals surface area contributed by atoms with Gasteiger partial charge in [0.05, 0.1) is 6.61 Å². The lowest BCUT2D eigenvalue weighted by molar-refractivity contribution is -0.113. The van der Waals surface area contributed by atoms with Gasteiger partial charge < -0.3 is 15.8 Å². The van der Waals surface area contributed by atoms with Gasteiger partial charge >= 0.3 is 0 Å². The van der Waals surface area contributed by atoms with Crippen molar-refractivity contribution in [2.45, 2.75) is 45.4 Å². The molecule has 1 aliphatic rings. The Morgan fingerprint density at radius 2 is 1.76 bits per heavy atom. The number of pyridine rings is 1. The van der Waals surface area contributed by atoms with Crippen LogP contribution in [0.4, 0.5) is 11.5 Å². The number of amides is 1. The standard InChI is InChI=1S/C28H31N3O2/c1-2-20-10-12-21(13-11-20)25-7-3-4-8-26(25)28(32)31-23-14-16-24(17-15-23)33-19-18-22-6-5-9-27(29)30-22/h5-6,9-17H,2-4,7-8,18-19H2,1H3,(H2,29,30)(H,31,32). The SMILES string of the molecule is CCc1ccc(C2=C(C(=O)Nc3ccc(OCCc4cccc(N)n4)cc3)CCCC2)cc1. The number of carbonyl (C=O) groups excluding carboxylic acids is 1. The Bertz CT molecular complexity index is 1120. The molecule has 1 aromatic heterocycles. The largest absolute Gasteiger partial charge is 0.493 e. The fourth-order valence-electron chi connectivity index (χ4n) is 4.17. The first-order chi connectivity index (χ1) is 16.1. The molecule has 0 bridgehead atoms. The highest BCUT2D eigenvalue weighted by molar-refractivity contribution is 6.09. The average molecular weight is 442 g/mol. The van der Waals surface area contributed by atoms with E-state index in [4.69, 9.17) is 10.5 Å². The third kappa shape index (κ3) is 6.01. The van der Waals surface area contributed by atoms with Crippen molar-refractivity contribution in [3.8, 4) is 5.75 Å². The molecule has 3 N–H and O–H groups in total. The van der Waals surface area contributed by atoms with Crippen molar-refractivity contribution in [3.63, 3.8) is 0 Å². The Morgan fingerprint density at radius 1 is 1.00 bits per heavy atom. The lowest BCUT2D eigenvalue weighted by atomic mass is 9.86. The molecule has 1 aliphatic carbocycles. The summed E-state index contributed by atoms with van der Waals surface area (Å²) in [7, 11) is 0. The monoisotopic (exact) mass is 441 g/mol. The number of allylic oxidation sites excluding steroid dienone is 1.